The van der Waals surface area contributed by atoms with Crippen molar-refractivity contribution in [3.8, 4) is 11.5 Å². The molecule has 25 heavy (non-hydrogen) atoms. The summed E-state index contributed by atoms with van der Waals surface area (Å²) in [7, 11) is 1.76. The van der Waals surface area contributed by atoms with E-state index in [1.165, 1.54) is 5.56 Å². The molecule has 1 aromatic heterocycles. The van der Waals surface area contributed by atoms with Crippen molar-refractivity contribution in [2.75, 3.05) is 26.9 Å². The van der Waals surface area contributed by atoms with Crippen LogP contribution in [-0.4, -0.2) is 37.9 Å². The standard InChI is InChI=1S/C18H21ClN4O2/c1-20-18(22-9-7-14-3-5-17(19)23-11-14)21-8-6-13-2-4-15-16(10-13)25-12-24-15/h2-5,10-11H,6-9,12H2,1H3,(H2,20,21,22). The Balaban J connectivity index is 1.39. The van der Waals surface area contributed by atoms with Crippen molar-refractivity contribution in [1.29, 1.82) is 0 Å². The fraction of sp³-hybridized carbons (Fsp3) is 0.333. The van der Waals surface area contributed by atoms with Gasteiger partial charge in [0.1, 0.15) is 5.15 Å². The maximum atomic E-state index is 5.79. The molecule has 0 atom stereocenters. The Labute approximate surface area is 152 Å². The Morgan fingerprint density at radius 2 is 1.80 bits per heavy atom. The number of nitrogens with one attached hydrogen (secondary N) is 2. The van der Waals surface area contributed by atoms with E-state index in [1.54, 1.807) is 19.3 Å². The molecule has 0 fully saturated rings. The number of ether oxygens (including phenoxy) is 2. The second-order valence-electron chi connectivity index (χ2n) is 5.60. The molecule has 0 saturated carbocycles. The summed E-state index contributed by atoms with van der Waals surface area (Å²) in [5, 5.41) is 7.12. The number of rotatable bonds is 6. The molecule has 0 spiro atoms. The van der Waals surface area contributed by atoms with Crippen LogP contribution in [0.15, 0.2) is 41.5 Å². The van der Waals surface area contributed by atoms with Crippen LogP contribution in [0.1, 0.15) is 11.1 Å². The number of hydrogen-bond acceptors (Lipinski definition) is 4. The molecule has 2 aromatic rings. The van der Waals surface area contributed by atoms with Crippen LogP contribution in [0.5, 0.6) is 11.5 Å². The van der Waals surface area contributed by atoms with Gasteiger partial charge in [0.25, 0.3) is 0 Å². The van der Waals surface area contributed by atoms with Crippen LogP contribution in [0.4, 0.5) is 0 Å². The minimum Gasteiger partial charge on any atom is -0.454 e. The molecule has 7 heteroatoms. The van der Waals surface area contributed by atoms with Gasteiger partial charge in [0.15, 0.2) is 17.5 Å². The number of aromatic nitrogens is 1. The van der Waals surface area contributed by atoms with Gasteiger partial charge in [-0.15, -0.1) is 0 Å². The van der Waals surface area contributed by atoms with E-state index in [2.05, 4.69) is 26.7 Å². The van der Waals surface area contributed by atoms with Crippen LogP contribution in [-0.2, 0) is 12.8 Å². The minimum absolute atomic E-state index is 0.302. The summed E-state index contributed by atoms with van der Waals surface area (Å²) < 4.78 is 10.7. The van der Waals surface area contributed by atoms with E-state index in [9.17, 15) is 0 Å². The molecule has 0 unspecified atom stereocenters. The third kappa shape index (κ3) is 5.00. The summed E-state index contributed by atoms with van der Waals surface area (Å²) >= 11 is 5.79. The van der Waals surface area contributed by atoms with Crippen LogP contribution < -0.4 is 20.1 Å². The molecule has 2 N–H and O–H groups in total. The van der Waals surface area contributed by atoms with Gasteiger partial charge in [0.2, 0.25) is 6.79 Å². The van der Waals surface area contributed by atoms with E-state index in [0.29, 0.717) is 11.9 Å². The Morgan fingerprint density at radius 3 is 2.52 bits per heavy atom. The maximum Gasteiger partial charge on any atom is 0.231 e. The lowest BCUT2D eigenvalue weighted by molar-refractivity contribution is 0.174. The summed E-state index contributed by atoms with van der Waals surface area (Å²) in [6, 6.07) is 9.81. The first-order valence-electron chi connectivity index (χ1n) is 8.18. The number of pyridine rings is 1. The van der Waals surface area contributed by atoms with E-state index in [4.69, 9.17) is 21.1 Å². The molecule has 0 radical (unpaired) electrons. The van der Waals surface area contributed by atoms with Gasteiger partial charge < -0.3 is 20.1 Å². The van der Waals surface area contributed by atoms with Crippen molar-refractivity contribution in [3.63, 3.8) is 0 Å². The highest BCUT2D eigenvalue weighted by Crippen LogP contribution is 2.32. The largest absolute Gasteiger partial charge is 0.454 e. The average molecular weight is 361 g/mol. The van der Waals surface area contributed by atoms with Gasteiger partial charge in [-0.05, 0) is 42.2 Å². The lowest BCUT2D eigenvalue weighted by Crippen LogP contribution is -2.39. The Hall–Kier alpha value is -2.47. The third-order valence-electron chi connectivity index (χ3n) is 3.86. The Kier molecular flexibility index (Phi) is 5.95. The lowest BCUT2D eigenvalue weighted by Gasteiger charge is -2.12. The van der Waals surface area contributed by atoms with Gasteiger partial charge in [0, 0.05) is 26.3 Å². The van der Waals surface area contributed by atoms with Crippen molar-refractivity contribution < 1.29 is 9.47 Å². The first kappa shape index (κ1) is 17.4. The van der Waals surface area contributed by atoms with E-state index in [0.717, 1.165) is 49.0 Å². The van der Waals surface area contributed by atoms with Gasteiger partial charge in [-0.3, -0.25) is 4.99 Å². The minimum atomic E-state index is 0.302. The molecule has 0 saturated heterocycles. The molecule has 3 rings (SSSR count). The highest BCUT2D eigenvalue weighted by atomic mass is 35.5. The topological polar surface area (TPSA) is 67.8 Å². The molecule has 132 valence electrons. The highest BCUT2D eigenvalue weighted by Gasteiger charge is 2.12. The predicted octanol–water partition coefficient (Wildman–Crippen LogP) is 2.41. The Bertz CT molecular complexity index is 734. The molecular weight excluding hydrogens is 340 g/mol. The van der Waals surface area contributed by atoms with Crippen LogP contribution >= 0.6 is 11.6 Å². The second kappa shape index (κ2) is 8.58. The van der Waals surface area contributed by atoms with E-state index >= 15 is 0 Å². The zero-order valence-corrected chi connectivity index (χ0v) is 14.8. The number of nitrogens with zero attached hydrogens (tertiary/aromatic N) is 2. The summed E-state index contributed by atoms with van der Waals surface area (Å²) in [6.07, 6.45) is 3.52. The van der Waals surface area contributed by atoms with Crippen molar-refractivity contribution in [3.05, 3.63) is 52.8 Å². The molecule has 0 amide bonds. The molecule has 1 aliphatic heterocycles. The van der Waals surface area contributed by atoms with E-state index < -0.39 is 0 Å². The summed E-state index contributed by atoms with van der Waals surface area (Å²) in [5.74, 6) is 2.41. The maximum absolute atomic E-state index is 5.79. The number of halogens is 1. The fourth-order valence-corrected chi connectivity index (χ4v) is 2.63. The van der Waals surface area contributed by atoms with Gasteiger partial charge in [-0.25, -0.2) is 4.98 Å². The van der Waals surface area contributed by atoms with Gasteiger partial charge in [-0.1, -0.05) is 23.7 Å². The zero-order valence-electron chi connectivity index (χ0n) is 14.1. The molecule has 6 nitrogen and oxygen atoms in total. The first-order valence-corrected chi connectivity index (χ1v) is 8.56. The molecule has 0 aliphatic carbocycles. The normalized spacial score (nSPS) is 13.0. The van der Waals surface area contributed by atoms with Crippen LogP contribution in [0.3, 0.4) is 0 Å². The highest BCUT2D eigenvalue weighted by molar-refractivity contribution is 6.29. The lowest BCUT2D eigenvalue weighted by atomic mass is 10.1. The van der Waals surface area contributed by atoms with Gasteiger partial charge in [-0.2, -0.15) is 0 Å². The number of aliphatic imine (C=N–C) groups is 1. The van der Waals surface area contributed by atoms with E-state index in [1.807, 2.05) is 18.2 Å². The number of fused-ring (bicyclic) bond motifs is 1. The Morgan fingerprint density at radius 1 is 1.08 bits per heavy atom. The summed E-state index contributed by atoms with van der Waals surface area (Å²) in [4.78, 5) is 8.31. The molecule has 2 heterocycles. The smallest absolute Gasteiger partial charge is 0.231 e. The van der Waals surface area contributed by atoms with Crippen LogP contribution in [0, 0.1) is 0 Å². The molecule has 1 aromatic carbocycles. The van der Waals surface area contributed by atoms with Crippen LogP contribution in [0.25, 0.3) is 0 Å². The predicted molar refractivity (Wildman–Crippen MR) is 98.6 cm³/mol. The summed E-state index contributed by atoms with van der Waals surface area (Å²) in [6.45, 7) is 1.85. The fourth-order valence-electron chi connectivity index (χ4n) is 2.52. The average Bonchev–Trinajstić information content (AvgIpc) is 3.10. The number of benzene rings is 1. The van der Waals surface area contributed by atoms with Crippen molar-refractivity contribution in [1.82, 2.24) is 15.6 Å². The summed E-state index contributed by atoms with van der Waals surface area (Å²) in [5.41, 5.74) is 2.33. The quantitative estimate of drug-likeness (QED) is 0.470. The number of hydrogen-bond donors (Lipinski definition) is 2. The number of guanidine groups is 1. The van der Waals surface area contributed by atoms with Gasteiger partial charge in [0.05, 0.1) is 0 Å². The molecule has 1 aliphatic rings. The third-order valence-corrected chi connectivity index (χ3v) is 4.09. The monoisotopic (exact) mass is 360 g/mol. The van der Waals surface area contributed by atoms with Crippen molar-refractivity contribution >= 4 is 17.6 Å². The molecule has 0 bridgehead atoms. The zero-order chi connectivity index (χ0) is 17.5. The van der Waals surface area contributed by atoms with Gasteiger partial charge >= 0.3 is 0 Å². The van der Waals surface area contributed by atoms with Crippen molar-refractivity contribution in [2.24, 2.45) is 4.99 Å². The van der Waals surface area contributed by atoms with Crippen LogP contribution in [0.2, 0.25) is 5.15 Å². The van der Waals surface area contributed by atoms with Crippen molar-refractivity contribution in [2.45, 2.75) is 12.8 Å². The second-order valence-corrected chi connectivity index (χ2v) is 5.99. The SMILES string of the molecule is CN=C(NCCc1ccc(Cl)nc1)NCCc1ccc2c(c1)OCO2. The first-order chi connectivity index (χ1) is 12.2. The van der Waals surface area contributed by atoms with E-state index in [-0.39, 0.29) is 0 Å². The molecular formula is C18H21ClN4O2.